The van der Waals surface area contributed by atoms with Gasteiger partial charge in [0, 0.05) is 6.54 Å². The van der Waals surface area contributed by atoms with Gasteiger partial charge in [0.05, 0.1) is 13.1 Å². The van der Waals surface area contributed by atoms with Crippen LogP contribution in [0, 0.1) is 0 Å². The first-order valence-electron chi connectivity index (χ1n) is 10.7. The van der Waals surface area contributed by atoms with Crippen LogP contribution in [0.25, 0.3) is 0 Å². The summed E-state index contributed by atoms with van der Waals surface area (Å²) in [5, 5.41) is 0. The first-order valence-corrected chi connectivity index (χ1v) is 10.7. The van der Waals surface area contributed by atoms with E-state index >= 15 is 0 Å². The Morgan fingerprint density at radius 2 is 0.964 bits per heavy atom. The Morgan fingerprint density at radius 3 is 1.36 bits per heavy atom. The van der Waals surface area contributed by atoms with Crippen molar-refractivity contribution in [1.29, 1.82) is 0 Å². The van der Waals surface area contributed by atoms with E-state index in [0.29, 0.717) is 6.54 Å². The third-order valence-corrected chi connectivity index (χ3v) is 4.99. The lowest BCUT2D eigenvalue weighted by molar-refractivity contribution is 0.455. The van der Waals surface area contributed by atoms with Crippen LogP contribution in [0.4, 0.5) is 0 Å². The van der Waals surface area contributed by atoms with Crippen molar-refractivity contribution < 1.29 is 0 Å². The van der Waals surface area contributed by atoms with Crippen LogP contribution in [-0.4, -0.2) is 13.7 Å². The molecule has 0 fully saturated rings. The molecule has 0 bridgehead atoms. The van der Waals surface area contributed by atoms with E-state index in [1.165, 1.54) is 68.1 Å². The van der Waals surface area contributed by atoms with Crippen LogP contribution >= 0.6 is 0 Å². The summed E-state index contributed by atoms with van der Waals surface area (Å²) in [5.74, 6) is 0. The molecule has 0 unspecified atom stereocenters. The molecule has 1 heterocycles. The normalized spacial score (nSPS) is 10.9. The summed E-state index contributed by atoms with van der Waals surface area (Å²) in [5.41, 5.74) is -1.71. The molecule has 28 heavy (non-hydrogen) atoms. The summed E-state index contributed by atoms with van der Waals surface area (Å²) in [7, 11) is 0. The molecule has 1 aromatic rings. The minimum atomic E-state index is -0.606. The maximum absolute atomic E-state index is 12.5. The second kappa shape index (κ2) is 14.0. The fourth-order valence-electron chi connectivity index (χ4n) is 3.38. The quantitative estimate of drug-likeness (QED) is 0.317. The highest BCUT2D eigenvalue weighted by atomic mass is 16.2. The van der Waals surface area contributed by atoms with E-state index in [-0.39, 0.29) is 13.1 Å². The van der Waals surface area contributed by atoms with Gasteiger partial charge in [0.2, 0.25) is 0 Å². The molecule has 0 N–H and O–H groups in total. The molecule has 158 valence electrons. The smallest absolute Gasteiger partial charge is 0.247 e. The van der Waals surface area contributed by atoms with Crippen molar-refractivity contribution in [2.75, 3.05) is 0 Å². The van der Waals surface area contributed by atoms with E-state index in [4.69, 9.17) is 0 Å². The minimum Gasteiger partial charge on any atom is -0.247 e. The third kappa shape index (κ3) is 7.49. The fourth-order valence-corrected chi connectivity index (χ4v) is 3.38. The van der Waals surface area contributed by atoms with Gasteiger partial charge in [0.25, 0.3) is 0 Å². The molecule has 1 rings (SSSR count). The van der Waals surface area contributed by atoms with Crippen LogP contribution in [0.2, 0.25) is 0 Å². The lowest BCUT2D eigenvalue weighted by Gasteiger charge is -2.12. The van der Waals surface area contributed by atoms with Crippen molar-refractivity contribution in [2.24, 2.45) is 0 Å². The van der Waals surface area contributed by atoms with Crippen LogP contribution in [-0.2, 0) is 19.6 Å². The van der Waals surface area contributed by atoms with Gasteiger partial charge in [-0.2, -0.15) is 0 Å². The van der Waals surface area contributed by atoms with E-state index in [1.807, 2.05) is 0 Å². The van der Waals surface area contributed by atoms with Crippen molar-refractivity contribution in [3.8, 4) is 0 Å². The van der Waals surface area contributed by atoms with Crippen molar-refractivity contribution >= 4 is 0 Å². The minimum absolute atomic E-state index is 0.0906. The summed E-state index contributed by atoms with van der Waals surface area (Å²) >= 11 is 0. The second-order valence-electron chi connectivity index (χ2n) is 7.33. The molecule has 0 saturated heterocycles. The lowest BCUT2D eigenvalue weighted by atomic mass is 10.1. The van der Waals surface area contributed by atoms with Crippen molar-refractivity contribution in [3.63, 3.8) is 0 Å². The highest BCUT2D eigenvalue weighted by molar-refractivity contribution is 4.84. The molecule has 0 aromatic carbocycles. The Balaban J connectivity index is 2.53. The highest BCUT2D eigenvalue weighted by Crippen LogP contribution is 2.11. The van der Waals surface area contributed by atoms with Gasteiger partial charge < -0.3 is 0 Å². The molecule has 0 amide bonds. The van der Waals surface area contributed by atoms with Gasteiger partial charge in [0.1, 0.15) is 0 Å². The monoisotopic (exact) mass is 391 g/mol. The van der Waals surface area contributed by atoms with Crippen LogP contribution in [0.15, 0.2) is 39.7 Å². The first kappa shape index (κ1) is 23.9. The van der Waals surface area contributed by atoms with E-state index < -0.39 is 17.1 Å². The third-order valence-electron chi connectivity index (χ3n) is 4.99. The van der Waals surface area contributed by atoms with Gasteiger partial charge in [-0.05, 0) is 6.42 Å². The Kier molecular flexibility index (Phi) is 11.9. The molecule has 0 aliphatic carbocycles. The lowest BCUT2D eigenvalue weighted by Crippen LogP contribution is -2.54. The second-order valence-corrected chi connectivity index (χ2v) is 7.33. The Bertz CT molecular complexity index is 722. The van der Waals surface area contributed by atoms with Gasteiger partial charge in [-0.3, -0.25) is 0 Å². The van der Waals surface area contributed by atoms with E-state index in [0.717, 1.165) is 28.4 Å². The Labute approximate surface area is 168 Å². The fraction of sp³-hybridized carbons (Fsp3) is 0.682. The highest BCUT2D eigenvalue weighted by Gasteiger charge is 2.13. The topological polar surface area (TPSA) is 66.0 Å². The number of hydrogen-bond donors (Lipinski definition) is 0. The molecule has 6 heteroatoms. The molecular weight excluding hydrogens is 354 g/mol. The van der Waals surface area contributed by atoms with Gasteiger partial charge >= 0.3 is 17.1 Å². The summed E-state index contributed by atoms with van der Waals surface area (Å²) in [6, 6.07) is 0. The maximum atomic E-state index is 12.5. The van der Waals surface area contributed by atoms with Crippen LogP contribution in [0.1, 0.15) is 77.6 Å². The number of allylic oxidation sites excluding steroid dienone is 2. The van der Waals surface area contributed by atoms with E-state index in [9.17, 15) is 14.4 Å². The average molecular weight is 392 g/mol. The van der Waals surface area contributed by atoms with E-state index in [1.54, 1.807) is 0 Å². The zero-order valence-electron chi connectivity index (χ0n) is 17.5. The van der Waals surface area contributed by atoms with Crippen LogP contribution in [0.5, 0.6) is 0 Å². The van der Waals surface area contributed by atoms with Gasteiger partial charge in [-0.25, -0.2) is 28.1 Å². The standard InChI is InChI=1S/C22H37N3O3/c1-4-7-8-9-10-11-12-13-14-15-16-19-25-21(27)23(17-5-2)20(26)24(18-6-3)22(25)28/h5-6H,2-4,7-19H2,1H3. The van der Waals surface area contributed by atoms with Crippen LogP contribution < -0.4 is 17.1 Å². The summed E-state index contributed by atoms with van der Waals surface area (Å²) in [6.07, 6.45) is 16.2. The Morgan fingerprint density at radius 1 is 0.607 bits per heavy atom. The molecule has 0 aliphatic rings. The molecule has 6 nitrogen and oxygen atoms in total. The number of unbranched alkanes of at least 4 members (excludes halogenated alkanes) is 10. The molecule has 0 atom stereocenters. The zero-order chi connectivity index (χ0) is 20.8. The molecule has 0 spiro atoms. The predicted molar refractivity (Wildman–Crippen MR) is 116 cm³/mol. The number of nitrogens with zero attached hydrogens (tertiary/aromatic N) is 3. The zero-order valence-corrected chi connectivity index (χ0v) is 17.5. The summed E-state index contributed by atoms with van der Waals surface area (Å²) in [4.78, 5) is 37.3. The van der Waals surface area contributed by atoms with Crippen molar-refractivity contribution in [3.05, 3.63) is 56.8 Å². The first-order chi connectivity index (χ1) is 13.6. The summed E-state index contributed by atoms with van der Waals surface area (Å²) < 4.78 is 3.27. The molecule has 0 saturated carbocycles. The van der Waals surface area contributed by atoms with Crippen LogP contribution in [0.3, 0.4) is 0 Å². The SMILES string of the molecule is C=CCn1c(=O)n(CC=C)c(=O)n(CCCCCCCCCCCCC)c1=O. The number of hydrogen-bond acceptors (Lipinski definition) is 3. The average Bonchev–Trinajstić information content (AvgIpc) is 2.69. The maximum Gasteiger partial charge on any atom is 0.336 e. The van der Waals surface area contributed by atoms with E-state index in [2.05, 4.69) is 20.1 Å². The molecular formula is C22H37N3O3. The van der Waals surface area contributed by atoms with Gasteiger partial charge in [-0.15, -0.1) is 13.2 Å². The number of aromatic nitrogens is 3. The molecule has 0 aliphatic heterocycles. The molecule has 1 aromatic heterocycles. The molecule has 0 radical (unpaired) electrons. The Hall–Kier alpha value is -2.11. The van der Waals surface area contributed by atoms with Gasteiger partial charge in [0.15, 0.2) is 0 Å². The van der Waals surface area contributed by atoms with Crippen molar-refractivity contribution in [1.82, 2.24) is 13.7 Å². The largest absolute Gasteiger partial charge is 0.336 e. The van der Waals surface area contributed by atoms with Crippen molar-refractivity contribution in [2.45, 2.75) is 97.2 Å². The summed E-state index contributed by atoms with van der Waals surface area (Å²) in [6.45, 7) is 9.92. The predicted octanol–water partition coefficient (Wildman–Crippen LogP) is 3.85. The van der Waals surface area contributed by atoms with Gasteiger partial charge in [-0.1, -0.05) is 83.3 Å². The number of rotatable bonds is 16.